The average Bonchev–Trinajstić information content (AvgIpc) is 3.25. The number of carbonyl (C=O) groups is 3. The number of carboxylic acids is 1. The van der Waals surface area contributed by atoms with Crippen molar-refractivity contribution in [2.24, 2.45) is 11.8 Å². The first-order valence-corrected chi connectivity index (χ1v) is 10.1. The summed E-state index contributed by atoms with van der Waals surface area (Å²) in [4.78, 5) is 37.1. The van der Waals surface area contributed by atoms with E-state index in [1.807, 2.05) is 0 Å². The highest BCUT2D eigenvalue weighted by atomic mass is 32.1. The highest BCUT2D eigenvalue weighted by molar-refractivity contribution is 7.17. The topological polar surface area (TPSA) is 95.5 Å². The monoisotopic (exact) mass is 378 g/mol. The third-order valence-electron chi connectivity index (χ3n) is 4.96. The van der Waals surface area contributed by atoms with E-state index >= 15 is 0 Å². The molecule has 0 bridgehead atoms. The largest absolute Gasteiger partial charge is 0.481 e. The predicted octanol–water partition coefficient (Wildman–Crippen LogP) is 3.20. The molecule has 6 nitrogen and oxygen atoms in total. The average molecular weight is 378 g/mol. The first kappa shape index (κ1) is 18.9. The molecule has 3 rings (SSSR count). The van der Waals surface area contributed by atoms with E-state index in [2.05, 4.69) is 17.6 Å². The van der Waals surface area contributed by atoms with E-state index in [4.69, 9.17) is 5.11 Å². The van der Waals surface area contributed by atoms with Gasteiger partial charge in [-0.1, -0.05) is 13.8 Å². The van der Waals surface area contributed by atoms with Crippen LogP contribution >= 0.6 is 11.3 Å². The molecule has 142 valence electrons. The summed E-state index contributed by atoms with van der Waals surface area (Å²) in [6, 6.07) is 0.264. The third kappa shape index (κ3) is 4.63. The molecule has 1 aromatic rings. The molecule has 0 radical (unpaired) electrons. The molecule has 2 aliphatic rings. The number of hydrogen-bond acceptors (Lipinski definition) is 4. The molecule has 0 saturated heterocycles. The van der Waals surface area contributed by atoms with Crippen LogP contribution in [0.1, 0.15) is 66.8 Å². The van der Waals surface area contributed by atoms with Crippen LogP contribution in [-0.4, -0.2) is 28.9 Å². The second kappa shape index (κ2) is 7.78. The Labute approximate surface area is 157 Å². The van der Waals surface area contributed by atoms with Crippen LogP contribution in [0, 0.1) is 11.8 Å². The van der Waals surface area contributed by atoms with Gasteiger partial charge in [0, 0.05) is 23.8 Å². The Morgan fingerprint density at radius 2 is 1.96 bits per heavy atom. The third-order valence-corrected chi connectivity index (χ3v) is 6.13. The second-order valence-electron chi connectivity index (χ2n) is 7.76. The van der Waals surface area contributed by atoms with Gasteiger partial charge in [0.05, 0.1) is 5.56 Å². The van der Waals surface area contributed by atoms with Crippen molar-refractivity contribution in [1.82, 2.24) is 5.32 Å². The number of carbonyl (C=O) groups excluding carboxylic acids is 2. The van der Waals surface area contributed by atoms with E-state index in [0.29, 0.717) is 16.5 Å². The van der Waals surface area contributed by atoms with Crippen molar-refractivity contribution in [1.29, 1.82) is 0 Å². The fourth-order valence-corrected chi connectivity index (χ4v) is 4.85. The Morgan fingerprint density at radius 1 is 1.23 bits per heavy atom. The number of hydrogen-bond donors (Lipinski definition) is 3. The minimum Gasteiger partial charge on any atom is -0.481 e. The number of amides is 2. The summed E-state index contributed by atoms with van der Waals surface area (Å²) >= 11 is 1.50. The van der Waals surface area contributed by atoms with E-state index in [-0.39, 0.29) is 36.6 Å². The van der Waals surface area contributed by atoms with E-state index in [9.17, 15) is 14.4 Å². The Balaban J connectivity index is 1.77. The van der Waals surface area contributed by atoms with E-state index in [1.54, 1.807) is 6.92 Å². The molecule has 2 amide bonds. The van der Waals surface area contributed by atoms with Crippen LogP contribution in [0.3, 0.4) is 0 Å². The minimum absolute atomic E-state index is 0.0408. The standard InChI is InChI=1S/C19H26N2O4S/c1-10-3-6-13-14(7-10)26-19(17(13)18(25)20-12-4-5-12)21-15(22)8-11(2)9-16(23)24/h10-12H,3-9H2,1-2H3,(H,20,25)(H,21,22)(H,23,24)/t10-,11-/m0/s1. The summed E-state index contributed by atoms with van der Waals surface area (Å²) in [5.74, 6) is -0.889. The molecule has 1 aromatic heterocycles. The van der Waals surface area contributed by atoms with Gasteiger partial charge in [0.2, 0.25) is 5.91 Å². The summed E-state index contributed by atoms with van der Waals surface area (Å²) in [6.45, 7) is 3.95. The molecular weight excluding hydrogens is 352 g/mol. The summed E-state index contributed by atoms with van der Waals surface area (Å²) in [7, 11) is 0. The van der Waals surface area contributed by atoms with Crippen LogP contribution in [0.25, 0.3) is 0 Å². The summed E-state index contributed by atoms with van der Waals surface area (Å²) in [5, 5.41) is 15.4. The van der Waals surface area contributed by atoms with Gasteiger partial charge in [0.25, 0.3) is 5.91 Å². The predicted molar refractivity (Wildman–Crippen MR) is 101 cm³/mol. The molecule has 1 fully saturated rings. The van der Waals surface area contributed by atoms with Crippen molar-refractivity contribution in [2.45, 2.75) is 64.8 Å². The minimum atomic E-state index is -0.907. The normalized spacial score (nSPS) is 20.2. The Bertz CT molecular complexity index is 723. The highest BCUT2D eigenvalue weighted by Crippen LogP contribution is 2.40. The van der Waals surface area contributed by atoms with Crippen LogP contribution < -0.4 is 10.6 Å². The molecular formula is C19H26N2O4S. The van der Waals surface area contributed by atoms with Crippen LogP contribution in [0.2, 0.25) is 0 Å². The number of aliphatic carboxylic acids is 1. The van der Waals surface area contributed by atoms with Gasteiger partial charge >= 0.3 is 5.97 Å². The molecule has 1 saturated carbocycles. The fourth-order valence-electron chi connectivity index (χ4n) is 3.43. The molecule has 2 atom stereocenters. The molecule has 7 heteroatoms. The quantitative estimate of drug-likeness (QED) is 0.679. The molecule has 0 aliphatic heterocycles. The van der Waals surface area contributed by atoms with Crippen molar-refractivity contribution >= 4 is 34.1 Å². The van der Waals surface area contributed by atoms with E-state index in [1.165, 1.54) is 16.2 Å². The number of anilines is 1. The smallest absolute Gasteiger partial charge is 0.303 e. The number of rotatable bonds is 7. The summed E-state index contributed by atoms with van der Waals surface area (Å²) in [6.07, 6.45) is 4.99. The lowest BCUT2D eigenvalue weighted by Gasteiger charge is -2.18. The highest BCUT2D eigenvalue weighted by Gasteiger charge is 2.31. The van der Waals surface area contributed by atoms with Crippen LogP contribution in [-0.2, 0) is 22.4 Å². The Morgan fingerprint density at radius 3 is 2.62 bits per heavy atom. The first-order chi connectivity index (χ1) is 12.3. The zero-order chi connectivity index (χ0) is 18.8. The zero-order valence-corrected chi connectivity index (χ0v) is 16.1. The van der Waals surface area contributed by atoms with Gasteiger partial charge in [0.15, 0.2) is 0 Å². The lowest BCUT2D eigenvalue weighted by Crippen LogP contribution is -2.28. The van der Waals surface area contributed by atoms with Crippen LogP contribution in [0.5, 0.6) is 0 Å². The first-order valence-electron chi connectivity index (χ1n) is 9.30. The maximum Gasteiger partial charge on any atom is 0.303 e. The molecule has 26 heavy (non-hydrogen) atoms. The summed E-state index contributed by atoms with van der Waals surface area (Å²) < 4.78 is 0. The fraction of sp³-hybridized carbons (Fsp3) is 0.632. The molecule has 0 spiro atoms. The SMILES string of the molecule is C[C@H](CC(=O)O)CC(=O)Nc1sc2c(c1C(=O)NC1CC1)CC[C@H](C)C2. The van der Waals surface area contributed by atoms with Gasteiger partial charge in [-0.3, -0.25) is 14.4 Å². The van der Waals surface area contributed by atoms with Gasteiger partial charge < -0.3 is 15.7 Å². The van der Waals surface area contributed by atoms with E-state index < -0.39 is 5.97 Å². The molecule has 0 aromatic carbocycles. The Kier molecular flexibility index (Phi) is 5.65. The van der Waals surface area contributed by atoms with Gasteiger partial charge in [0.1, 0.15) is 5.00 Å². The summed E-state index contributed by atoms with van der Waals surface area (Å²) in [5.41, 5.74) is 1.71. The maximum atomic E-state index is 12.7. The second-order valence-corrected chi connectivity index (χ2v) is 8.86. The van der Waals surface area contributed by atoms with Gasteiger partial charge in [-0.15, -0.1) is 11.3 Å². The number of thiophene rings is 1. The molecule has 1 heterocycles. The molecule has 0 unspecified atom stereocenters. The van der Waals surface area contributed by atoms with Gasteiger partial charge in [-0.05, 0) is 49.5 Å². The van der Waals surface area contributed by atoms with E-state index in [0.717, 1.165) is 37.7 Å². The van der Waals surface area contributed by atoms with Gasteiger partial charge in [-0.25, -0.2) is 0 Å². The number of fused-ring (bicyclic) bond motifs is 1. The van der Waals surface area contributed by atoms with Crippen LogP contribution in [0.4, 0.5) is 5.00 Å². The molecule has 2 aliphatic carbocycles. The Hall–Kier alpha value is -1.89. The van der Waals surface area contributed by atoms with Crippen molar-refractivity contribution in [3.63, 3.8) is 0 Å². The van der Waals surface area contributed by atoms with Crippen LogP contribution in [0.15, 0.2) is 0 Å². The van der Waals surface area contributed by atoms with Crippen molar-refractivity contribution in [2.75, 3.05) is 5.32 Å². The van der Waals surface area contributed by atoms with Gasteiger partial charge in [-0.2, -0.15) is 0 Å². The van der Waals surface area contributed by atoms with Crippen molar-refractivity contribution in [3.05, 3.63) is 16.0 Å². The van der Waals surface area contributed by atoms with Crippen molar-refractivity contribution < 1.29 is 19.5 Å². The lowest BCUT2D eigenvalue weighted by molar-refractivity contribution is -0.138. The van der Waals surface area contributed by atoms with Crippen molar-refractivity contribution in [3.8, 4) is 0 Å². The number of nitrogens with one attached hydrogen (secondary N) is 2. The zero-order valence-electron chi connectivity index (χ0n) is 15.3. The molecule has 3 N–H and O–H groups in total. The lowest BCUT2D eigenvalue weighted by atomic mass is 9.88. The maximum absolute atomic E-state index is 12.7. The number of carboxylic acid groups (broad SMARTS) is 1.